The maximum Gasteiger partial charge on any atom is 0.293 e. The number of aromatic amines is 1. The second-order valence-corrected chi connectivity index (χ2v) is 5.78. The summed E-state index contributed by atoms with van der Waals surface area (Å²) in [5, 5.41) is 15.1. The van der Waals surface area contributed by atoms with Crippen molar-refractivity contribution in [3.05, 3.63) is 71.4 Å². The van der Waals surface area contributed by atoms with Crippen LogP contribution in [0.3, 0.4) is 0 Å². The first kappa shape index (κ1) is 15.1. The molecule has 0 saturated heterocycles. The van der Waals surface area contributed by atoms with E-state index in [4.69, 9.17) is 0 Å². The zero-order chi connectivity index (χ0) is 18.2. The molecule has 5 aromatic rings. The van der Waals surface area contributed by atoms with Crippen molar-refractivity contribution in [2.24, 2.45) is 0 Å². The van der Waals surface area contributed by atoms with E-state index < -0.39 is 5.56 Å². The van der Waals surface area contributed by atoms with Gasteiger partial charge in [0.1, 0.15) is 5.69 Å². The smallest absolute Gasteiger partial charge is 0.293 e. The number of para-hydroxylation sites is 1. The van der Waals surface area contributed by atoms with E-state index >= 15 is 0 Å². The monoisotopic (exact) mass is 356 g/mol. The Bertz CT molecular complexity index is 1330. The van der Waals surface area contributed by atoms with E-state index in [2.05, 4.69) is 35.6 Å². The fraction of sp³-hybridized carbons (Fsp3) is 0. The fourth-order valence-corrected chi connectivity index (χ4v) is 2.80. The lowest BCUT2D eigenvalue weighted by Crippen LogP contribution is -2.11. The lowest BCUT2D eigenvalue weighted by Gasteiger charge is -2.07. The van der Waals surface area contributed by atoms with Gasteiger partial charge in [-0.2, -0.15) is 9.61 Å². The number of nitrogens with zero attached hydrogens (tertiary/aromatic N) is 6. The highest BCUT2D eigenvalue weighted by molar-refractivity contribution is 5.93. The molecule has 9 heteroatoms. The number of benzene rings is 1. The van der Waals surface area contributed by atoms with Crippen LogP contribution in [0.2, 0.25) is 0 Å². The summed E-state index contributed by atoms with van der Waals surface area (Å²) >= 11 is 0. The molecule has 0 atom stereocenters. The van der Waals surface area contributed by atoms with Gasteiger partial charge in [0, 0.05) is 17.8 Å². The van der Waals surface area contributed by atoms with E-state index in [1.54, 1.807) is 35.1 Å². The molecule has 0 aliphatic carbocycles. The molecular formula is C18H12N8O. The van der Waals surface area contributed by atoms with Gasteiger partial charge in [-0.1, -0.05) is 18.2 Å². The lowest BCUT2D eigenvalue weighted by molar-refractivity contribution is 0.947. The largest absolute Gasteiger partial charge is 0.319 e. The molecule has 0 unspecified atom stereocenters. The highest BCUT2D eigenvalue weighted by Crippen LogP contribution is 2.24. The summed E-state index contributed by atoms with van der Waals surface area (Å²) in [5.41, 5.74) is 2.02. The molecule has 0 fully saturated rings. The summed E-state index contributed by atoms with van der Waals surface area (Å²) in [4.78, 5) is 25.2. The SMILES string of the molecule is O=c1nccccc1Nc1nc2ccccc2c2nc(-c3cn[nH]c3)nn12. The molecule has 0 aliphatic rings. The second kappa shape index (κ2) is 5.99. The maximum absolute atomic E-state index is 12.2. The summed E-state index contributed by atoms with van der Waals surface area (Å²) < 4.78 is 1.58. The molecule has 4 aromatic heterocycles. The molecule has 0 bridgehead atoms. The molecule has 1 aromatic carbocycles. The Labute approximate surface area is 151 Å². The molecule has 0 saturated carbocycles. The molecular weight excluding hydrogens is 344 g/mol. The number of nitrogens with one attached hydrogen (secondary N) is 2. The molecule has 0 spiro atoms. The molecule has 27 heavy (non-hydrogen) atoms. The van der Waals surface area contributed by atoms with Gasteiger partial charge < -0.3 is 5.32 Å². The van der Waals surface area contributed by atoms with Crippen LogP contribution in [-0.2, 0) is 0 Å². The third kappa shape index (κ3) is 2.58. The molecule has 9 nitrogen and oxygen atoms in total. The molecule has 4 heterocycles. The standard InChI is InChI=1S/C18H12N8O/c27-17-14(7-3-4-8-19-17)23-18-22-13-6-2-1-5-12(13)16-24-15(25-26(16)18)11-9-20-21-10-11/h1-10H,(H,20,21)(H,19,22,23,27). The van der Waals surface area contributed by atoms with E-state index in [0.717, 1.165) is 16.5 Å². The van der Waals surface area contributed by atoms with Gasteiger partial charge in [-0.05, 0) is 24.3 Å². The van der Waals surface area contributed by atoms with Gasteiger partial charge in [0.05, 0.1) is 17.3 Å². The highest BCUT2D eigenvalue weighted by atomic mass is 16.1. The minimum absolute atomic E-state index is 0.296. The lowest BCUT2D eigenvalue weighted by atomic mass is 10.2. The summed E-state index contributed by atoms with van der Waals surface area (Å²) in [6.45, 7) is 0. The molecule has 0 radical (unpaired) electrons. The average molecular weight is 356 g/mol. The third-order valence-corrected chi connectivity index (χ3v) is 4.06. The van der Waals surface area contributed by atoms with Crippen LogP contribution in [0.15, 0.2) is 65.8 Å². The first-order valence-corrected chi connectivity index (χ1v) is 8.17. The number of hydrogen-bond acceptors (Lipinski definition) is 7. The van der Waals surface area contributed by atoms with Gasteiger partial charge in [-0.15, -0.1) is 5.10 Å². The van der Waals surface area contributed by atoms with Crippen molar-refractivity contribution >= 4 is 28.2 Å². The van der Waals surface area contributed by atoms with Crippen LogP contribution in [0.4, 0.5) is 11.6 Å². The van der Waals surface area contributed by atoms with Crippen molar-refractivity contribution in [1.29, 1.82) is 0 Å². The van der Waals surface area contributed by atoms with Crippen LogP contribution < -0.4 is 10.9 Å². The van der Waals surface area contributed by atoms with Crippen molar-refractivity contribution in [1.82, 2.24) is 34.8 Å². The van der Waals surface area contributed by atoms with Crippen LogP contribution in [-0.4, -0.2) is 34.8 Å². The molecule has 130 valence electrons. The maximum atomic E-state index is 12.2. The van der Waals surface area contributed by atoms with Gasteiger partial charge in [-0.3, -0.25) is 9.89 Å². The Hall–Kier alpha value is -4.14. The van der Waals surface area contributed by atoms with Crippen LogP contribution in [0.25, 0.3) is 27.9 Å². The van der Waals surface area contributed by atoms with Crippen LogP contribution >= 0.6 is 0 Å². The van der Waals surface area contributed by atoms with Crippen molar-refractivity contribution in [2.45, 2.75) is 0 Å². The van der Waals surface area contributed by atoms with Crippen molar-refractivity contribution in [3.63, 3.8) is 0 Å². The normalized spacial score (nSPS) is 11.1. The number of hydrogen-bond donors (Lipinski definition) is 2. The van der Waals surface area contributed by atoms with E-state index in [0.29, 0.717) is 23.1 Å². The summed E-state index contributed by atoms with van der Waals surface area (Å²) in [7, 11) is 0. The summed E-state index contributed by atoms with van der Waals surface area (Å²) in [5.74, 6) is 0.875. The van der Waals surface area contributed by atoms with Crippen LogP contribution in [0.1, 0.15) is 0 Å². The summed E-state index contributed by atoms with van der Waals surface area (Å²) in [6.07, 6.45) is 4.81. The van der Waals surface area contributed by atoms with Crippen molar-refractivity contribution < 1.29 is 0 Å². The zero-order valence-corrected chi connectivity index (χ0v) is 13.9. The van der Waals surface area contributed by atoms with E-state index in [9.17, 15) is 4.79 Å². The zero-order valence-electron chi connectivity index (χ0n) is 13.9. The van der Waals surface area contributed by atoms with E-state index in [1.165, 1.54) is 6.20 Å². The third-order valence-electron chi connectivity index (χ3n) is 4.06. The number of fused-ring (bicyclic) bond motifs is 3. The van der Waals surface area contributed by atoms with E-state index in [-0.39, 0.29) is 0 Å². The number of rotatable bonds is 3. The molecule has 2 N–H and O–H groups in total. The van der Waals surface area contributed by atoms with Gasteiger partial charge in [0.25, 0.3) is 5.56 Å². The van der Waals surface area contributed by atoms with Crippen LogP contribution in [0.5, 0.6) is 0 Å². The number of aromatic nitrogens is 7. The molecule has 0 amide bonds. The van der Waals surface area contributed by atoms with Gasteiger partial charge in [0.15, 0.2) is 11.5 Å². The quantitative estimate of drug-likeness (QED) is 0.509. The topological polar surface area (TPSA) is 114 Å². The first-order valence-electron chi connectivity index (χ1n) is 8.17. The first-order chi connectivity index (χ1) is 13.3. The predicted octanol–water partition coefficient (Wildman–Crippen LogP) is 2.17. The Morgan fingerprint density at radius 2 is 1.93 bits per heavy atom. The predicted molar refractivity (Wildman–Crippen MR) is 99.7 cm³/mol. The highest BCUT2D eigenvalue weighted by Gasteiger charge is 2.15. The second-order valence-electron chi connectivity index (χ2n) is 5.78. The van der Waals surface area contributed by atoms with Crippen LogP contribution in [0, 0.1) is 0 Å². The number of H-pyrrole nitrogens is 1. The van der Waals surface area contributed by atoms with Crippen molar-refractivity contribution in [3.8, 4) is 11.4 Å². The Morgan fingerprint density at radius 1 is 1.04 bits per heavy atom. The average Bonchev–Trinajstić information content (AvgIpc) is 3.32. The minimum Gasteiger partial charge on any atom is -0.319 e. The number of anilines is 2. The summed E-state index contributed by atoms with van der Waals surface area (Å²) in [6, 6.07) is 12.7. The van der Waals surface area contributed by atoms with E-state index in [1.807, 2.05) is 24.3 Å². The molecule has 0 aliphatic heterocycles. The Balaban J connectivity index is 1.77. The fourth-order valence-electron chi connectivity index (χ4n) is 2.80. The van der Waals surface area contributed by atoms with Gasteiger partial charge >= 0.3 is 0 Å². The van der Waals surface area contributed by atoms with Crippen molar-refractivity contribution in [2.75, 3.05) is 5.32 Å². The minimum atomic E-state index is -0.390. The molecule has 5 rings (SSSR count). The Morgan fingerprint density at radius 3 is 2.81 bits per heavy atom. The van der Waals surface area contributed by atoms with Gasteiger partial charge in [-0.25, -0.2) is 15.0 Å². The Kier molecular flexibility index (Phi) is 3.36. The van der Waals surface area contributed by atoms with Gasteiger partial charge in [0.2, 0.25) is 5.95 Å².